The summed E-state index contributed by atoms with van der Waals surface area (Å²) < 4.78 is 5.30. The summed E-state index contributed by atoms with van der Waals surface area (Å²) in [6, 6.07) is 17.7. The number of carbonyl (C=O) groups excluding carboxylic acids is 1. The summed E-state index contributed by atoms with van der Waals surface area (Å²) in [7, 11) is 1.65. The van der Waals surface area contributed by atoms with Crippen LogP contribution in [0.3, 0.4) is 0 Å². The van der Waals surface area contributed by atoms with Crippen LogP contribution in [-0.4, -0.2) is 23.8 Å². The van der Waals surface area contributed by atoms with Gasteiger partial charge in [-0.2, -0.15) is 0 Å². The van der Waals surface area contributed by atoms with Gasteiger partial charge in [-0.1, -0.05) is 30.3 Å². The van der Waals surface area contributed by atoms with Gasteiger partial charge in [0.1, 0.15) is 5.75 Å². The van der Waals surface area contributed by atoms with Crippen LogP contribution in [-0.2, 0) is 11.3 Å². The van der Waals surface area contributed by atoms with Gasteiger partial charge in [-0.3, -0.25) is 9.78 Å². The highest BCUT2D eigenvalue weighted by Crippen LogP contribution is 2.30. The molecule has 1 heterocycles. The van der Waals surface area contributed by atoms with Gasteiger partial charge >= 0.3 is 0 Å². The normalized spacial score (nSPS) is 10.6. The van der Waals surface area contributed by atoms with Crippen LogP contribution in [0.5, 0.6) is 5.75 Å². The molecule has 1 aromatic heterocycles. The number of aryl methyl sites for hydroxylation is 1. The number of ether oxygens (including phenoxy) is 1. The van der Waals surface area contributed by atoms with Crippen LogP contribution in [0, 0.1) is 6.92 Å². The zero-order chi connectivity index (χ0) is 17.6. The summed E-state index contributed by atoms with van der Waals surface area (Å²) in [6.45, 7) is 2.51. The number of methoxy groups -OCH3 is 1. The number of nitrogens with one attached hydrogen (secondary N) is 1. The standard InChI is InChI=1S/C20H20N2O2S/c1-14-10-19(17-11-16(24-2)8-9-18(17)22-14)25-13-20(23)21-12-15-6-4-3-5-7-15/h3-11H,12-13H2,1-2H3,(H,21,23). The lowest BCUT2D eigenvalue weighted by atomic mass is 10.2. The van der Waals surface area contributed by atoms with Gasteiger partial charge < -0.3 is 10.1 Å². The van der Waals surface area contributed by atoms with E-state index in [0.717, 1.165) is 32.8 Å². The minimum atomic E-state index is 0.0133. The van der Waals surface area contributed by atoms with Crippen LogP contribution in [0.2, 0.25) is 0 Å². The van der Waals surface area contributed by atoms with E-state index in [4.69, 9.17) is 4.74 Å². The quantitative estimate of drug-likeness (QED) is 0.682. The van der Waals surface area contributed by atoms with E-state index in [1.807, 2.05) is 61.5 Å². The van der Waals surface area contributed by atoms with Gasteiger partial charge in [0.25, 0.3) is 0 Å². The van der Waals surface area contributed by atoms with Crippen molar-refractivity contribution in [3.8, 4) is 5.75 Å². The number of rotatable bonds is 6. The Hall–Kier alpha value is -2.53. The number of carbonyl (C=O) groups is 1. The molecule has 0 fully saturated rings. The van der Waals surface area contributed by atoms with E-state index in [-0.39, 0.29) is 5.91 Å². The molecule has 1 N–H and O–H groups in total. The first-order valence-corrected chi connectivity index (χ1v) is 9.03. The highest BCUT2D eigenvalue weighted by molar-refractivity contribution is 8.00. The predicted octanol–water partition coefficient (Wildman–Crippen LogP) is 3.96. The average molecular weight is 352 g/mol. The predicted molar refractivity (Wildman–Crippen MR) is 102 cm³/mol. The van der Waals surface area contributed by atoms with E-state index in [9.17, 15) is 4.79 Å². The summed E-state index contributed by atoms with van der Waals surface area (Å²) in [5.41, 5.74) is 2.94. The van der Waals surface area contributed by atoms with Crippen LogP contribution in [0.1, 0.15) is 11.3 Å². The van der Waals surface area contributed by atoms with Gasteiger partial charge in [0.15, 0.2) is 0 Å². The van der Waals surface area contributed by atoms with Crippen molar-refractivity contribution < 1.29 is 9.53 Å². The van der Waals surface area contributed by atoms with Gasteiger partial charge in [-0.25, -0.2) is 0 Å². The molecule has 0 unspecified atom stereocenters. The van der Waals surface area contributed by atoms with Crippen molar-refractivity contribution >= 4 is 28.6 Å². The first-order chi connectivity index (χ1) is 12.2. The maximum absolute atomic E-state index is 12.2. The van der Waals surface area contributed by atoms with E-state index in [2.05, 4.69) is 10.3 Å². The topological polar surface area (TPSA) is 51.2 Å². The van der Waals surface area contributed by atoms with Crippen LogP contribution in [0.15, 0.2) is 59.5 Å². The summed E-state index contributed by atoms with van der Waals surface area (Å²) in [5, 5.41) is 3.96. The molecule has 0 aliphatic rings. The fourth-order valence-electron chi connectivity index (χ4n) is 2.54. The maximum atomic E-state index is 12.2. The number of aromatic nitrogens is 1. The molecule has 0 radical (unpaired) electrons. The lowest BCUT2D eigenvalue weighted by Gasteiger charge is -2.10. The zero-order valence-corrected chi connectivity index (χ0v) is 15.1. The Labute approximate surface area is 151 Å². The van der Waals surface area contributed by atoms with Crippen molar-refractivity contribution in [3.63, 3.8) is 0 Å². The number of hydrogen-bond acceptors (Lipinski definition) is 4. The Morgan fingerprint density at radius 3 is 2.72 bits per heavy atom. The second kappa shape index (κ2) is 8.03. The van der Waals surface area contributed by atoms with Crippen LogP contribution in [0.25, 0.3) is 10.9 Å². The number of benzene rings is 2. The first kappa shape index (κ1) is 17.3. The molecule has 3 rings (SSSR count). The maximum Gasteiger partial charge on any atom is 0.230 e. The summed E-state index contributed by atoms with van der Waals surface area (Å²) in [6.07, 6.45) is 0. The molecule has 0 spiro atoms. The second-order valence-corrected chi connectivity index (χ2v) is 6.71. The summed E-state index contributed by atoms with van der Waals surface area (Å²) in [5.74, 6) is 1.16. The number of nitrogens with zero attached hydrogens (tertiary/aromatic N) is 1. The van der Waals surface area contributed by atoms with Crippen molar-refractivity contribution in [2.24, 2.45) is 0 Å². The smallest absolute Gasteiger partial charge is 0.230 e. The van der Waals surface area contributed by atoms with Gasteiger partial charge in [-0.05, 0) is 36.8 Å². The molecule has 2 aromatic carbocycles. The molecule has 0 aliphatic heterocycles. The molecule has 0 aliphatic carbocycles. The van der Waals surface area contributed by atoms with Gasteiger partial charge in [0, 0.05) is 22.5 Å². The van der Waals surface area contributed by atoms with Crippen molar-refractivity contribution in [1.29, 1.82) is 0 Å². The largest absolute Gasteiger partial charge is 0.497 e. The highest BCUT2D eigenvalue weighted by Gasteiger charge is 2.09. The molecule has 0 saturated heterocycles. The minimum absolute atomic E-state index is 0.0133. The number of amides is 1. The van der Waals surface area contributed by atoms with E-state index in [1.54, 1.807) is 7.11 Å². The fourth-order valence-corrected chi connectivity index (χ4v) is 3.50. The van der Waals surface area contributed by atoms with Crippen molar-refractivity contribution in [2.75, 3.05) is 12.9 Å². The van der Waals surface area contributed by atoms with Gasteiger partial charge in [-0.15, -0.1) is 11.8 Å². The molecule has 0 atom stereocenters. The van der Waals surface area contributed by atoms with Gasteiger partial charge in [0.2, 0.25) is 5.91 Å². The van der Waals surface area contributed by atoms with Crippen molar-refractivity contribution in [2.45, 2.75) is 18.4 Å². The van der Waals surface area contributed by atoms with E-state index < -0.39 is 0 Å². The lowest BCUT2D eigenvalue weighted by molar-refractivity contribution is -0.118. The van der Waals surface area contributed by atoms with E-state index in [0.29, 0.717) is 12.3 Å². The molecule has 1 amide bonds. The molecule has 0 bridgehead atoms. The SMILES string of the molecule is COc1ccc2nc(C)cc(SCC(=O)NCc3ccccc3)c2c1. The molecular weight excluding hydrogens is 332 g/mol. The monoisotopic (exact) mass is 352 g/mol. The van der Waals surface area contributed by atoms with Crippen LogP contribution >= 0.6 is 11.8 Å². The summed E-state index contributed by atoms with van der Waals surface area (Å²) in [4.78, 5) is 17.7. The highest BCUT2D eigenvalue weighted by atomic mass is 32.2. The lowest BCUT2D eigenvalue weighted by Crippen LogP contribution is -2.24. The average Bonchev–Trinajstić information content (AvgIpc) is 2.64. The number of thioether (sulfide) groups is 1. The first-order valence-electron chi connectivity index (χ1n) is 8.04. The third kappa shape index (κ3) is 4.51. The Kier molecular flexibility index (Phi) is 5.56. The van der Waals surface area contributed by atoms with E-state index in [1.165, 1.54) is 11.8 Å². The third-order valence-electron chi connectivity index (χ3n) is 3.80. The zero-order valence-electron chi connectivity index (χ0n) is 14.3. The Bertz CT molecular complexity index is 882. The van der Waals surface area contributed by atoms with Crippen LogP contribution in [0.4, 0.5) is 0 Å². The van der Waals surface area contributed by atoms with Crippen molar-refractivity contribution in [3.05, 3.63) is 65.9 Å². The van der Waals surface area contributed by atoms with Crippen LogP contribution < -0.4 is 10.1 Å². The molecule has 4 nitrogen and oxygen atoms in total. The second-order valence-electron chi connectivity index (χ2n) is 5.70. The molecule has 3 aromatic rings. The summed E-state index contributed by atoms with van der Waals surface area (Å²) >= 11 is 1.52. The van der Waals surface area contributed by atoms with E-state index >= 15 is 0 Å². The third-order valence-corrected chi connectivity index (χ3v) is 4.85. The van der Waals surface area contributed by atoms with Crippen molar-refractivity contribution in [1.82, 2.24) is 10.3 Å². The number of hydrogen-bond donors (Lipinski definition) is 1. The molecular formula is C20H20N2O2S. The molecule has 0 saturated carbocycles. The molecule has 25 heavy (non-hydrogen) atoms. The molecule has 128 valence electrons. The Morgan fingerprint density at radius 1 is 1.16 bits per heavy atom. The number of fused-ring (bicyclic) bond motifs is 1. The van der Waals surface area contributed by atoms with Gasteiger partial charge in [0.05, 0.1) is 18.4 Å². The number of pyridine rings is 1. The minimum Gasteiger partial charge on any atom is -0.497 e. The Morgan fingerprint density at radius 2 is 1.96 bits per heavy atom. The molecule has 5 heteroatoms. The Balaban J connectivity index is 1.68. The fraction of sp³-hybridized carbons (Fsp3) is 0.200.